The number of thioether (sulfide) groups is 1. The molecule has 0 aliphatic carbocycles. The molecule has 3 N–H and O–H groups in total. The number of piperazine rings is 1. The van der Waals surface area contributed by atoms with Gasteiger partial charge in [0.1, 0.15) is 0 Å². The number of aliphatic imine (C=N–C) groups is 1. The molecule has 0 unspecified atom stereocenters. The monoisotopic (exact) mass is 533 g/mol. The van der Waals surface area contributed by atoms with E-state index in [2.05, 4.69) is 27.2 Å². The largest absolute Gasteiger partial charge is 0.357 e. The molecule has 0 atom stereocenters. The SMILES string of the molecule is CCNC(=NCc1ccc(C(=O)N2CCNC(=O)C2)cc1)NCCCCSC.I. The van der Waals surface area contributed by atoms with Crippen LogP contribution in [0, 0.1) is 0 Å². The van der Waals surface area contributed by atoms with Gasteiger partial charge < -0.3 is 20.9 Å². The number of unbranched alkanes of at least 4 members (excludes halogenated alkanes) is 1. The average Bonchev–Trinajstić information content (AvgIpc) is 2.71. The summed E-state index contributed by atoms with van der Waals surface area (Å²) >= 11 is 1.87. The highest BCUT2D eigenvalue weighted by Crippen LogP contribution is 2.10. The first kappa shape index (κ1) is 25.5. The molecule has 0 radical (unpaired) electrons. The normalized spacial score (nSPS) is 14.1. The molecule has 1 aromatic rings. The first-order chi connectivity index (χ1) is 13.6. The molecule has 0 bridgehead atoms. The molecule has 2 amide bonds. The van der Waals surface area contributed by atoms with Gasteiger partial charge in [-0.05, 0) is 49.5 Å². The molecule has 0 spiro atoms. The lowest BCUT2D eigenvalue weighted by Gasteiger charge is -2.26. The number of amides is 2. The van der Waals surface area contributed by atoms with Crippen LogP contribution in [-0.2, 0) is 11.3 Å². The first-order valence-corrected chi connectivity index (χ1v) is 11.2. The minimum absolute atomic E-state index is 0. The second-order valence-corrected chi connectivity index (χ2v) is 7.58. The van der Waals surface area contributed by atoms with Crippen molar-refractivity contribution < 1.29 is 9.59 Å². The predicted molar refractivity (Wildman–Crippen MR) is 131 cm³/mol. The molecule has 162 valence electrons. The van der Waals surface area contributed by atoms with Crippen molar-refractivity contribution in [3.63, 3.8) is 0 Å². The van der Waals surface area contributed by atoms with Gasteiger partial charge in [0.15, 0.2) is 5.96 Å². The Hall–Kier alpha value is -1.49. The molecular weight excluding hydrogens is 501 g/mol. The van der Waals surface area contributed by atoms with Gasteiger partial charge in [0.2, 0.25) is 5.91 Å². The Morgan fingerprint density at radius 2 is 2.00 bits per heavy atom. The maximum atomic E-state index is 12.5. The third-order valence-electron chi connectivity index (χ3n) is 4.36. The number of rotatable bonds is 9. The summed E-state index contributed by atoms with van der Waals surface area (Å²) in [6, 6.07) is 7.45. The molecular formula is C20H32IN5O2S. The summed E-state index contributed by atoms with van der Waals surface area (Å²) in [4.78, 5) is 30.2. The predicted octanol–water partition coefficient (Wildman–Crippen LogP) is 2.07. The molecule has 9 heteroatoms. The number of guanidine groups is 1. The van der Waals surface area contributed by atoms with E-state index in [1.807, 2.05) is 43.0 Å². The Morgan fingerprint density at radius 1 is 1.24 bits per heavy atom. The van der Waals surface area contributed by atoms with Gasteiger partial charge in [-0.3, -0.25) is 9.59 Å². The summed E-state index contributed by atoms with van der Waals surface area (Å²) < 4.78 is 0. The lowest BCUT2D eigenvalue weighted by molar-refractivity contribution is -0.123. The standard InChI is InChI=1S/C20H31N5O2S.HI/c1-3-21-20(23-10-4-5-13-28-2)24-14-16-6-8-17(9-7-16)19(27)25-12-11-22-18(26)15-25;/h6-9H,3-5,10-15H2,1-2H3,(H,22,26)(H2,21,23,24);1H. The molecule has 7 nitrogen and oxygen atoms in total. The zero-order chi connectivity index (χ0) is 20.2. The van der Waals surface area contributed by atoms with Gasteiger partial charge in [-0.2, -0.15) is 11.8 Å². The third kappa shape index (κ3) is 9.24. The third-order valence-corrected chi connectivity index (χ3v) is 5.06. The van der Waals surface area contributed by atoms with Crippen LogP contribution < -0.4 is 16.0 Å². The average molecular weight is 533 g/mol. The van der Waals surface area contributed by atoms with Crippen molar-refractivity contribution >= 4 is 53.5 Å². The Labute approximate surface area is 194 Å². The second kappa shape index (κ2) is 14.5. The fraction of sp³-hybridized carbons (Fsp3) is 0.550. The van der Waals surface area contributed by atoms with E-state index in [-0.39, 0.29) is 42.3 Å². The lowest BCUT2D eigenvalue weighted by atomic mass is 10.1. The van der Waals surface area contributed by atoms with Crippen molar-refractivity contribution in [3.05, 3.63) is 35.4 Å². The summed E-state index contributed by atoms with van der Waals surface area (Å²) in [5.74, 6) is 1.78. The van der Waals surface area contributed by atoms with Crippen LogP contribution >= 0.6 is 35.7 Å². The highest BCUT2D eigenvalue weighted by molar-refractivity contribution is 14.0. The van der Waals surface area contributed by atoms with E-state index in [1.165, 1.54) is 12.2 Å². The van der Waals surface area contributed by atoms with Gasteiger partial charge in [-0.1, -0.05) is 12.1 Å². The molecule has 1 aromatic carbocycles. The van der Waals surface area contributed by atoms with Crippen LogP contribution in [0.3, 0.4) is 0 Å². The van der Waals surface area contributed by atoms with E-state index in [1.54, 1.807) is 4.90 Å². The van der Waals surface area contributed by atoms with Gasteiger partial charge in [0.05, 0.1) is 13.1 Å². The maximum absolute atomic E-state index is 12.5. The van der Waals surface area contributed by atoms with Crippen molar-refractivity contribution in [1.82, 2.24) is 20.9 Å². The summed E-state index contributed by atoms with van der Waals surface area (Å²) in [6.45, 7) is 5.49. The Bertz CT molecular complexity index is 669. The quantitative estimate of drug-likeness (QED) is 0.196. The van der Waals surface area contributed by atoms with Gasteiger partial charge in [0.25, 0.3) is 5.91 Å². The molecule has 1 aliphatic rings. The van der Waals surface area contributed by atoms with Crippen molar-refractivity contribution in [2.75, 3.05) is 44.7 Å². The number of hydrogen-bond acceptors (Lipinski definition) is 4. The van der Waals surface area contributed by atoms with E-state index in [9.17, 15) is 9.59 Å². The number of carbonyl (C=O) groups is 2. The molecule has 1 heterocycles. The van der Waals surface area contributed by atoms with Crippen molar-refractivity contribution in [3.8, 4) is 0 Å². The van der Waals surface area contributed by atoms with E-state index in [0.29, 0.717) is 25.2 Å². The number of benzene rings is 1. The molecule has 29 heavy (non-hydrogen) atoms. The van der Waals surface area contributed by atoms with Crippen LogP contribution in [0.4, 0.5) is 0 Å². The summed E-state index contributed by atoms with van der Waals surface area (Å²) in [6.07, 6.45) is 4.44. The molecule has 1 saturated heterocycles. The Balaban J connectivity index is 0.00000420. The second-order valence-electron chi connectivity index (χ2n) is 6.60. The van der Waals surface area contributed by atoms with Crippen LogP contribution in [0.2, 0.25) is 0 Å². The van der Waals surface area contributed by atoms with Crippen molar-refractivity contribution in [1.29, 1.82) is 0 Å². The zero-order valence-corrected chi connectivity index (χ0v) is 20.3. The van der Waals surface area contributed by atoms with E-state index < -0.39 is 0 Å². The zero-order valence-electron chi connectivity index (χ0n) is 17.2. The van der Waals surface area contributed by atoms with E-state index in [4.69, 9.17) is 0 Å². The van der Waals surface area contributed by atoms with Gasteiger partial charge >= 0.3 is 0 Å². The highest BCUT2D eigenvalue weighted by Gasteiger charge is 2.21. The number of carbonyl (C=O) groups excluding carboxylic acids is 2. The van der Waals surface area contributed by atoms with Crippen molar-refractivity contribution in [2.24, 2.45) is 4.99 Å². The van der Waals surface area contributed by atoms with Gasteiger partial charge in [-0.25, -0.2) is 4.99 Å². The Kier molecular flexibility index (Phi) is 12.8. The number of hydrogen-bond donors (Lipinski definition) is 3. The van der Waals surface area contributed by atoms with Crippen LogP contribution in [0.1, 0.15) is 35.7 Å². The van der Waals surface area contributed by atoms with Crippen LogP contribution in [0.5, 0.6) is 0 Å². The summed E-state index contributed by atoms with van der Waals surface area (Å²) in [5.41, 5.74) is 1.63. The van der Waals surface area contributed by atoms with Gasteiger partial charge in [0, 0.05) is 31.7 Å². The lowest BCUT2D eigenvalue weighted by Crippen LogP contribution is -2.49. The summed E-state index contributed by atoms with van der Waals surface area (Å²) in [7, 11) is 0. The van der Waals surface area contributed by atoms with E-state index >= 15 is 0 Å². The smallest absolute Gasteiger partial charge is 0.254 e. The molecule has 0 aromatic heterocycles. The Morgan fingerprint density at radius 3 is 2.66 bits per heavy atom. The molecule has 1 fully saturated rings. The number of nitrogens with zero attached hydrogens (tertiary/aromatic N) is 2. The maximum Gasteiger partial charge on any atom is 0.254 e. The molecule has 1 aliphatic heterocycles. The topological polar surface area (TPSA) is 85.8 Å². The molecule has 2 rings (SSSR count). The van der Waals surface area contributed by atoms with Crippen LogP contribution in [-0.4, -0.2) is 67.4 Å². The summed E-state index contributed by atoms with van der Waals surface area (Å²) in [5, 5.41) is 9.34. The van der Waals surface area contributed by atoms with Crippen molar-refractivity contribution in [2.45, 2.75) is 26.3 Å². The van der Waals surface area contributed by atoms with Crippen LogP contribution in [0.25, 0.3) is 0 Å². The fourth-order valence-corrected chi connectivity index (χ4v) is 3.33. The minimum Gasteiger partial charge on any atom is -0.357 e. The van der Waals surface area contributed by atoms with Gasteiger partial charge in [-0.15, -0.1) is 24.0 Å². The first-order valence-electron chi connectivity index (χ1n) is 9.80. The highest BCUT2D eigenvalue weighted by atomic mass is 127. The number of nitrogens with one attached hydrogen (secondary N) is 3. The fourth-order valence-electron chi connectivity index (χ4n) is 2.84. The van der Waals surface area contributed by atoms with E-state index in [0.717, 1.165) is 31.0 Å². The number of halogens is 1. The molecule has 0 saturated carbocycles. The van der Waals surface area contributed by atoms with Crippen LogP contribution in [0.15, 0.2) is 29.3 Å². The minimum atomic E-state index is -0.109.